The zero-order valence-electron chi connectivity index (χ0n) is 20.2. The summed E-state index contributed by atoms with van der Waals surface area (Å²) in [6, 6.07) is 10.9. The normalized spacial score (nSPS) is 11.2. The van der Waals surface area contributed by atoms with Crippen LogP contribution in [0.1, 0.15) is 89.5 Å². The second kappa shape index (κ2) is 16.6. The molecule has 1 N–H and O–H groups in total. The van der Waals surface area contributed by atoms with Gasteiger partial charge in [0.1, 0.15) is 11.5 Å². The van der Waals surface area contributed by atoms with Crippen molar-refractivity contribution in [1.29, 1.82) is 0 Å². The van der Waals surface area contributed by atoms with Crippen LogP contribution in [0, 0.1) is 0 Å². The monoisotopic (exact) mass is 484 g/mol. The molecule has 0 fully saturated rings. The molecule has 5 nitrogen and oxygen atoms in total. The molecule has 0 aliphatic heterocycles. The van der Waals surface area contributed by atoms with Crippen LogP contribution in [0.15, 0.2) is 47.4 Å². The smallest absolute Gasteiger partial charge is 0.870 e. The third-order valence-corrected chi connectivity index (χ3v) is 6.55. The van der Waals surface area contributed by atoms with Crippen LogP contribution in [0.4, 0.5) is 0 Å². The fraction of sp³-hybridized carbons (Fsp3) is 0.538. The maximum absolute atomic E-state index is 12.2. The molecule has 0 heterocycles. The number of ether oxygens (including phenoxy) is 1. The first kappa shape index (κ1) is 30.0. The van der Waals surface area contributed by atoms with E-state index in [9.17, 15) is 13.5 Å². The molecule has 33 heavy (non-hydrogen) atoms. The van der Waals surface area contributed by atoms with Crippen molar-refractivity contribution in [3.05, 3.63) is 48.0 Å². The topological polar surface area (TPSA) is 86.7 Å². The van der Waals surface area contributed by atoms with Gasteiger partial charge in [0.2, 0.25) is 0 Å². The zero-order valence-corrected chi connectivity index (χ0v) is 23.0. The molecule has 0 bridgehead atoms. The molecule has 0 aliphatic carbocycles. The molecule has 178 valence electrons. The summed E-state index contributed by atoms with van der Waals surface area (Å²) in [6.45, 7) is 2.25. The van der Waals surface area contributed by atoms with Crippen LogP contribution in [0.5, 0.6) is 17.2 Å². The van der Waals surface area contributed by atoms with Crippen LogP contribution in [-0.2, 0) is 16.5 Å². The Morgan fingerprint density at radius 2 is 1.33 bits per heavy atom. The van der Waals surface area contributed by atoms with E-state index >= 15 is 0 Å². The molecule has 0 spiro atoms. The number of hydrogen-bond acceptors (Lipinski definition) is 4. The van der Waals surface area contributed by atoms with E-state index in [0.29, 0.717) is 5.75 Å². The molecule has 0 saturated heterocycles. The fourth-order valence-corrected chi connectivity index (χ4v) is 4.31. The molecule has 2 aromatic carbocycles. The zero-order chi connectivity index (χ0) is 23.2. The van der Waals surface area contributed by atoms with E-state index in [0.717, 1.165) is 24.5 Å². The summed E-state index contributed by atoms with van der Waals surface area (Å²) < 4.78 is 37.2. The van der Waals surface area contributed by atoms with Crippen molar-refractivity contribution in [2.75, 3.05) is 0 Å². The van der Waals surface area contributed by atoms with Crippen molar-refractivity contribution in [3.63, 3.8) is 0 Å². The Morgan fingerprint density at radius 1 is 0.788 bits per heavy atom. The van der Waals surface area contributed by atoms with E-state index in [1.165, 1.54) is 82.8 Å². The van der Waals surface area contributed by atoms with E-state index < -0.39 is 20.8 Å². The third kappa shape index (κ3) is 11.8. The van der Waals surface area contributed by atoms with E-state index in [-0.39, 0.29) is 35.3 Å². The summed E-state index contributed by atoms with van der Waals surface area (Å²) in [6.07, 6.45) is 16.5. The molecule has 0 aliphatic rings. The van der Waals surface area contributed by atoms with Gasteiger partial charge in [0.25, 0.3) is 10.1 Å². The van der Waals surface area contributed by atoms with Crippen molar-refractivity contribution >= 4 is 10.1 Å². The van der Waals surface area contributed by atoms with Gasteiger partial charge in [-0.15, -0.1) is 0 Å². The molecule has 0 atom stereocenters. The Bertz CT molecular complexity index is 915. The van der Waals surface area contributed by atoms with Crippen molar-refractivity contribution in [2.24, 2.45) is 0 Å². The fourth-order valence-electron chi connectivity index (χ4n) is 3.82. The Morgan fingerprint density at radius 3 is 1.88 bits per heavy atom. The molecule has 7 heteroatoms. The average Bonchev–Trinajstić information content (AvgIpc) is 2.76. The summed E-state index contributed by atoms with van der Waals surface area (Å²) in [5.41, 5.74) is 1.03. The molecule has 2 aromatic rings. The predicted molar refractivity (Wildman–Crippen MR) is 127 cm³/mol. The molecule has 0 aromatic heterocycles. The van der Waals surface area contributed by atoms with Gasteiger partial charge in [-0.3, -0.25) is 4.55 Å². The number of para-hydroxylation sites is 1. The van der Waals surface area contributed by atoms with Gasteiger partial charge >= 0.3 is 29.6 Å². The molecule has 0 radical (unpaired) electrons. The van der Waals surface area contributed by atoms with Crippen LogP contribution in [0.3, 0.4) is 0 Å². The van der Waals surface area contributed by atoms with Crippen LogP contribution >= 0.6 is 0 Å². The van der Waals surface area contributed by atoms with Crippen LogP contribution in [-0.4, -0.2) is 13.0 Å². The van der Waals surface area contributed by atoms with E-state index in [4.69, 9.17) is 9.29 Å². The maximum Gasteiger partial charge on any atom is 1.00 e. The van der Waals surface area contributed by atoms with Gasteiger partial charge in [-0.05, 0) is 42.7 Å². The van der Waals surface area contributed by atoms with Gasteiger partial charge in [-0.2, -0.15) is 8.42 Å². The first-order valence-corrected chi connectivity index (χ1v) is 13.4. The average molecular weight is 485 g/mol. The Kier molecular flexibility index (Phi) is 15.0. The quantitative estimate of drug-likeness (QED) is 0.221. The Hall–Kier alpha value is -1.05. The third-order valence-electron chi connectivity index (χ3n) is 5.71. The summed E-state index contributed by atoms with van der Waals surface area (Å²) in [4.78, 5) is -0.431. The van der Waals surface area contributed by atoms with E-state index in [2.05, 4.69) is 6.92 Å². The molecular formula is C26H37NaO5S. The molecule has 2 rings (SSSR count). The second-order valence-corrected chi connectivity index (χ2v) is 9.85. The largest absolute Gasteiger partial charge is 1.00 e. The summed E-state index contributed by atoms with van der Waals surface area (Å²) in [5.74, 6) is 0.0621. The summed E-state index contributed by atoms with van der Waals surface area (Å²) >= 11 is 0. The Labute approximate surface area is 222 Å². The van der Waals surface area contributed by atoms with Crippen molar-refractivity contribution in [3.8, 4) is 17.2 Å². The molecule has 0 saturated carbocycles. The maximum atomic E-state index is 12.2. The first-order chi connectivity index (χ1) is 15.4. The van der Waals surface area contributed by atoms with Gasteiger partial charge in [-0.1, -0.05) is 102 Å². The van der Waals surface area contributed by atoms with Crippen LogP contribution in [0.2, 0.25) is 0 Å². The number of unbranched alkanes of at least 4 members (excludes halogenated alkanes) is 11. The minimum absolute atomic E-state index is 0. The van der Waals surface area contributed by atoms with Gasteiger partial charge in [0, 0.05) is 0 Å². The SMILES string of the molecule is CCCCCCCCCCCCCCc1ccccc1Oc1ccc(S(=O)(=O)O)cc1[O-].[Na+]. The number of rotatable bonds is 16. The van der Waals surface area contributed by atoms with E-state index in [1.54, 1.807) is 0 Å². The summed E-state index contributed by atoms with van der Waals surface area (Å²) in [7, 11) is -4.41. The number of benzene rings is 2. The number of hydrogen-bond donors (Lipinski definition) is 1. The van der Waals surface area contributed by atoms with Crippen LogP contribution in [0.25, 0.3) is 0 Å². The molecule has 0 unspecified atom stereocenters. The molecule has 0 amide bonds. The number of aryl methyl sites for hydroxylation is 1. The standard InChI is InChI=1S/C26H38O5S.Na/c1-2-3-4-5-6-7-8-9-10-11-12-13-16-22-17-14-15-18-25(22)31-26-20-19-23(21-24(26)27)32(28,29)30;/h14-15,17-21,27H,2-13,16H2,1H3,(H,28,29,30);/q;+1/p-1. The molecular weight excluding hydrogens is 447 g/mol. The van der Waals surface area contributed by atoms with Gasteiger partial charge in [-0.25, -0.2) is 0 Å². The van der Waals surface area contributed by atoms with Gasteiger partial charge in [0.15, 0.2) is 0 Å². The minimum atomic E-state index is -4.41. The predicted octanol–water partition coefficient (Wildman–Crippen LogP) is 4.05. The van der Waals surface area contributed by atoms with E-state index in [1.807, 2.05) is 24.3 Å². The first-order valence-electron chi connectivity index (χ1n) is 12.0. The minimum Gasteiger partial charge on any atom is -0.870 e. The Balaban J connectivity index is 0.00000544. The summed E-state index contributed by atoms with van der Waals surface area (Å²) in [5, 5.41) is 12.2. The van der Waals surface area contributed by atoms with Crippen LogP contribution < -0.4 is 39.4 Å². The second-order valence-electron chi connectivity index (χ2n) is 8.43. The van der Waals surface area contributed by atoms with Crippen molar-refractivity contribution in [2.45, 2.75) is 95.3 Å². The van der Waals surface area contributed by atoms with Crippen molar-refractivity contribution < 1.29 is 52.4 Å². The van der Waals surface area contributed by atoms with Gasteiger partial charge < -0.3 is 9.84 Å². The van der Waals surface area contributed by atoms with Gasteiger partial charge in [0.05, 0.1) is 4.90 Å². The van der Waals surface area contributed by atoms with Crippen molar-refractivity contribution in [1.82, 2.24) is 0 Å².